The monoisotopic (exact) mass is 231 g/mol. The Balaban J connectivity index is 2.03. The van der Waals surface area contributed by atoms with Gasteiger partial charge in [-0.2, -0.15) is 0 Å². The highest BCUT2D eigenvalue weighted by Gasteiger charge is 2.35. The zero-order valence-electron chi connectivity index (χ0n) is 8.95. The summed E-state index contributed by atoms with van der Waals surface area (Å²) in [4.78, 5) is 13.9. The second-order valence-corrected chi connectivity index (χ2v) is 4.74. The summed E-state index contributed by atoms with van der Waals surface area (Å²) in [6, 6.07) is 0.420. The van der Waals surface area contributed by atoms with Crippen molar-refractivity contribution in [3.05, 3.63) is 0 Å². The molecule has 1 aliphatic carbocycles. The molecule has 0 spiro atoms. The highest BCUT2D eigenvalue weighted by Crippen LogP contribution is 2.32. The Morgan fingerprint density at radius 2 is 2.33 bits per heavy atom. The van der Waals surface area contributed by atoms with Gasteiger partial charge < -0.3 is 9.64 Å². The minimum atomic E-state index is 0.201. The molecule has 86 valence electrons. The number of nitrogens with zero attached hydrogens (tertiary/aromatic N) is 1. The van der Waals surface area contributed by atoms with Crippen LogP contribution < -0.4 is 0 Å². The predicted molar refractivity (Wildman–Crippen MR) is 59.0 cm³/mol. The van der Waals surface area contributed by atoms with E-state index in [4.69, 9.17) is 16.3 Å². The van der Waals surface area contributed by atoms with Gasteiger partial charge in [0.05, 0.1) is 13.2 Å². The Hall–Kier alpha value is -0.280. The molecule has 0 bridgehead atoms. The molecule has 1 aliphatic heterocycles. The molecule has 0 aromatic heterocycles. The molecule has 0 N–H and O–H groups in total. The first-order chi connectivity index (χ1) is 7.33. The Bertz CT molecular complexity index is 235. The maximum absolute atomic E-state index is 11.9. The number of ether oxygens (including phenoxy) is 1. The van der Waals surface area contributed by atoms with Crippen LogP contribution in [0.4, 0.5) is 0 Å². The number of rotatable bonds is 2. The maximum Gasteiger partial charge on any atom is 0.224 e. The molecule has 1 saturated heterocycles. The van der Waals surface area contributed by atoms with Gasteiger partial charge in [-0.15, -0.1) is 11.6 Å². The van der Waals surface area contributed by atoms with Gasteiger partial charge in [-0.1, -0.05) is 6.42 Å². The molecule has 15 heavy (non-hydrogen) atoms. The van der Waals surface area contributed by atoms with Crippen LogP contribution in [0.25, 0.3) is 0 Å². The Morgan fingerprint density at radius 3 is 3.13 bits per heavy atom. The fourth-order valence-corrected chi connectivity index (χ4v) is 2.88. The molecule has 2 atom stereocenters. The molecule has 2 aliphatic rings. The lowest BCUT2D eigenvalue weighted by molar-refractivity contribution is -0.133. The lowest BCUT2D eigenvalue weighted by Crippen LogP contribution is -2.42. The molecule has 2 rings (SSSR count). The molecule has 2 unspecified atom stereocenters. The van der Waals surface area contributed by atoms with Gasteiger partial charge in [0.2, 0.25) is 5.91 Å². The van der Waals surface area contributed by atoms with Crippen molar-refractivity contribution in [1.82, 2.24) is 4.90 Å². The average Bonchev–Trinajstić information content (AvgIpc) is 2.58. The second-order valence-electron chi connectivity index (χ2n) is 4.36. The van der Waals surface area contributed by atoms with Crippen LogP contribution in [0.1, 0.15) is 25.7 Å². The quantitative estimate of drug-likeness (QED) is 0.677. The van der Waals surface area contributed by atoms with E-state index in [1.165, 1.54) is 12.8 Å². The number of amides is 1. The van der Waals surface area contributed by atoms with E-state index < -0.39 is 0 Å². The van der Waals surface area contributed by atoms with Crippen LogP contribution in [-0.4, -0.2) is 42.5 Å². The van der Waals surface area contributed by atoms with Gasteiger partial charge in [-0.25, -0.2) is 0 Å². The molecule has 2 fully saturated rings. The van der Waals surface area contributed by atoms with Crippen molar-refractivity contribution in [3.63, 3.8) is 0 Å². The summed E-state index contributed by atoms with van der Waals surface area (Å²) >= 11 is 5.62. The molecule has 0 aromatic carbocycles. The number of fused-ring (bicyclic) bond motifs is 1. The van der Waals surface area contributed by atoms with Crippen molar-refractivity contribution in [2.45, 2.75) is 31.7 Å². The molecule has 1 amide bonds. The van der Waals surface area contributed by atoms with Crippen LogP contribution in [0.5, 0.6) is 0 Å². The van der Waals surface area contributed by atoms with Crippen LogP contribution >= 0.6 is 11.6 Å². The Kier molecular flexibility index (Phi) is 3.87. The zero-order chi connectivity index (χ0) is 10.7. The van der Waals surface area contributed by atoms with E-state index in [0.29, 0.717) is 30.9 Å². The summed E-state index contributed by atoms with van der Waals surface area (Å²) in [6.07, 6.45) is 4.03. The average molecular weight is 232 g/mol. The van der Waals surface area contributed by atoms with Gasteiger partial charge in [-0.05, 0) is 12.8 Å². The normalized spacial score (nSPS) is 31.1. The first-order valence-electron chi connectivity index (χ1n) is 5.76. The molecule has 4 heteroatoms. The fraction of sp³-hybridized carbons (Fsp3) is 0.909. The van der Waals surface area contributed by atoms with E-state index in [1.54, 1.807) is 0 Å². The Morgan fingerprint density at radius 1 is 1.47 bits per heavy atom. The number of hydrogen-bond acceptors (Lipinski definition) is 2. The van der Waals surface area contributed by atoms with Gasteiger partial charge in [0.25, 0.3) is 0 Å². The first kappa shape index (κ1) is 11.2. The van der Waals surface area contributed by atoms with Gasteiger partial charge in [0.15, 0.2) is 0 Å². The van der Waals surface area contributed by atoms with Crippen LogP contribution in [-0.2, 0) is 9.53 Å². The number of hydrogen-bond donors (Lipinski definition) is 0. The smallest absolute Gasteiger partial charge is 0.224 e. The van der Waals surface area contributed by atoms with Gasteiger partial charge in [0, 0.05) is 30.8 Å². The second kappa shape index (κ2) is 5.17. The number of halogens is 1. The van der Waals surface area contributed by atoms with Gasteiger partial charge in [0.1, 0.15) is 0 Å². The van der Waals surface area contributed by atoms with E-state index in [1.807, 2.05) is 4.90 Å². The number of carbonyl (C=O) groups is 1. The number of carbonyl (C=O) groups excluding carboxylic acids is 1. The van der Waals surface area contributed by atoms with Crippen molar-refractivity contribution in [2.75, 3.05) is 25.6 Å². The third kappa shape index (κ3) is 2.45. The molecule has 1 heterocycles. The van der Waals surface area contributed by atoms with Crippen molar-refractivity contribution in [2.24, 2.45) is 5.92 Å². The lowest BCUT2D eigenvalue weighted by atomic mass is 10.0. The standard InChI is InChI=1S/C11H18ClNO2/c12-5-4-11(14)13-6-7-15-8-9-2-1-3-10(9)13/h9-10H,1-8H2. The highest BCUT2D eigenvalue weighted by molar-refractivity contribution is 6.18. The summed E-state index contributed by atoms with van der Waals surface area (Å²) in [5.41, 5.74) is 0. The first-order valence-corrected chi connectivity index (χ1v) is 6.29. The van der Waals surface area contributed by atoms with Crippen molar-refractivity contribution in [3.8, 4) is 0 Å². The minimum absolute atomic E-state index is 0.201. The minimum Gasteiger partial charge on any atom is -0.379 e. The van der Waals surface area contributed by atoms with Crippen LogP contribution in [0, 0.1) is 5.92 Å². The SMILES string of the molecule is O=C(CCCl)N1CCOCC2CCCC21. The molecule has 0 aromatic rings. The number of alkyl halides is 1. The molecular formula is C11H18ClNO2. The Labute approximate surface area is 95.7 Å². The van der Waals surface area contributed by atoms with E-state index in [0.717, 1.165) is 19.6 Å². The van der Waals surface area contributed by atoms with Crippen molar-refractivity contribution < 1.29 is 9.53 Å². The highest BCUT2D eigenvalue weighted by atomic mass is 35.5. The maximum atomic E-state index is 11.9. The molecular weight excluding hydrogens is 214 g/mol. The molecule has 3 nitrogen and oxygen atoms in total. The third-order valence-corrected chi connectivity index (χ3v) is 3.65. The van der Waals surface area contributed by atoms with Gasteiger partial charge >= 0.3 is 0 Å². The molecule has 1 saturated carbocycles. The van der Waals surface area contributed by atoms with E-state index in [2.05, 4.69) is 0 Å². The van der Waals surface area contributed by atoms with Crippen LogP contribution in [0.15, 0.2) is 0 Å². The molecule has 0 radical (unpaired) electrons. The van der Waals surface area contributed by atoms with Crippen LogP contribution in [0.2, 0.25) is 0 Å². The largest absolute Gasteiger partial charge is 0.379 e. The summed E-state index contributed by atoms with van der Waals surface area (Å²) < 4.78 is 5.54. The third-order valence-electron chi connectivity index (χ3n) is 3.46. The lowest BCUT2D eigenvalue weighted by Gasteiger charge is -2.29. The van der Waals surface area contributed by atoms with E-state index >= 15 is 0 Å². The fourth-order valence-electron chi connectivity index (χ4n) is 2.72. The summed E-state index contributed by atoms with van der Waals surface area (Å²) in [5, 5.41) is 0. The van der Waals surface area contributed by atoms with Crippen molar-refractivity contribution in [1.29, 1.82) is 0 Å². The van der Waals surface area contributed by atoms with E-state index in [9.17, 15) is 4.79 Å². The van der Waals surface area contributed by atoms with Gasteiger partial charge in [-0.3, -0.25) is 4.79 Å². The summed E-state index contributed by atoms with van der Waals surface area (Å²) in [6.45, 7) is 2.26. The summed E-state index contributed by atoms with van der Waals surface area (Å²) in [5.74, 6) is 1.19. The van der Waals surface area contributed by atoms with Crippen molar-refractivity contribution >= 4 is 17.5 Å². The topological polar surface area (TPSA) is 29.5 Å². The predicted octanol–water partition coefficient (Wildman–Crippen LogP) is 1.64. The zero-order valence-corrected chi connectivity index (χ0v) is 9.71. The van der Waals surface area contributed by atoms with E-state index in [-0.39, 0.29) is 5.91 Å². The van der Waals surface area contributed by atoms with Crippen LogP contribution in [0.3, 0.4) is 0 Å². The summed E-state index contributed by atoms with van der Waals surface area (Å²) in [7, 11) is 0.